The Morgan fingerprint density at radius 1 is 1.12 bits per heavy atom. The predicted molar refractivity (Wildman–Crippen MR) is 89.9 cm³/mol. The van der Waals surface area contributed by atoms with Crippen molar-refractivity contribution < 1.29 is 27.5 Å². The maximum absolute atomic E-state index is 12.2. The SMILES string of the molecule is CC(C)NS(=O)(=O)c1cccc(NC=C2C(=O)OC(C)(C)OC2=O)c1. The number of benzene rings is 1. The van der Waals surface area contributed by atoms with Crippen LogP contribution in [-0.4, -0.2) is 32.2 Å². The van der Waals surface area contributed by atoms with Crippen molar-refractivity contribution in [3.8, 4) is 0 Å². The third-order valence-electron chi connectivity index (χ3n) is 3.04. The zero-order valence-corrected chi connectivity index (χ0v) is 15.1. The second-order valence-electron chi connectivity index (χ2n) is 6.19. The van der Waals surface area contributed by atoms with Crippen LogP contribution in [0.4, 0.5) is 5.69 Å². The van der Waals surface area contributed by atoms with E-state index in [9.17, 15) is 18.0 Å². The summed E-state index contributed by atoms with van der Waals surface area (Å²) in [6.07, 6.45) is 1.13. The minimum atomic E-state index is -3.66. The van der Waals surface area contributed by atoms with Crippen LogP contribution in [0.15, 0.2) is 40.9 Å². The average molecular weight is 368 g/mol. The van der Waals surface area contributed by atoms with Crippen molar-refractivity contribution in [3.05, 3.63) is 36.0 Å². The molecule has 2 N–H and O–H groups in total. The van der Waals surface area contributed by atoms with Crippen molar-refractivity contribution >= 4 is 27.6 Å². The lowest BCUT2D eigenvalue weighted by molar-refractivity contribution is -0.222. The number of hydrogen-bond acceptors (Lipinski definition) is 7. The number of anilines is 1. The van der Waals surface area contributed by atoms with Gasteiger partial charge in [0.25, 0.3) is 5.79 Å². The minimum absolute atomic E-state index is 0.0551. The molecule has 0 aromatic heterocycles. The second-order valence-corrected chi connectivity index (χ2v) is 7.90. The van der Waals surface area contributed by atoms with Gasteiger partial charge in [0.15, 0.2) is 5.57 Å². The number of carbonyl (C=O) groups excluding carboxylic acids is 2. The van der Waals surface area contributed by atoms with Gasteiger partial charge in [-0.1, -0.05) is 6.07 Å². The van der Waals surface area contributed by atoms with E-state index in [2.05, 4.69) is 10.0 Å². The van der Waals surface area contributed by atoms with Crippen LogP contribution in [0.5, 0.6) is 0 Å². The first kappa shape index (κ1) is 18.9. The smallest absolute Gasteiger partial charge is 0.350 e. The van der Waals surface area contributed by atoms with Gasteiger partial charge in [0.05, 0.1) is 4.90 Å². The summed E-state index contributed by atoms with van der Waals surface area (Å²) in [5.74, 6) is -2.96. The number of sulfonamides is 1. The van der Waals surface area contributed by atoms with E-state index >= 15 is 0 Å². The molecular formula is C16H20N2O6S. The molecule has 0 aliphatic carbocycles. The molecule has 1 aliphatic rings. The van der Waals surface area contributed by atoms with Gasteiger partial charge in [0, 0.05) is 31.8 Å². The molecule has 1 aromatic carbocycles. The van der Waals surface area contributed by atoms with Crippen molar-refractivity contribution in [2.24, 2.45) is 0 Å². The van der Waals surface area contributed by atoms with E-state index in [0.29, 0.717) is 5.69 Å². The van der Waals surface area contributed by atoms with E-state index in [0.717, 1.165) is 6.20 Å². The monoisotopic (exact) mass is 368 g/mol. The number of carbonyl (C=O) groups is 2. The molecule has 0 saturated carbocycles. The Bertz CT molecular complexity index is 805. The third-order valence-corrected chi connectivity index (χ3v) is 4.69. The van der Waals surface area contributed by atoms with Crippen LogP contribution < -0.4 is 10.0 Å². The van der Waals surface area contributed by atoms with Gasteiger partial charge in [-0.25, -0.2) is 22.7 Å². The molecule has 0 amide bonds. The summed E-state index contributed by atoms with van der Waals surface area (Å²) >= 11 is 0. The molecule has 0 bridgehead atoms. The van der Waals surface area contributed by atoms with Gasteiger partial charge >= 0.3 is 11.9 Å². The molecule has 1 saturated heterocycles. The van der Waals surface area contributed by atoms with E-state index in [-0.39, 0.29) is 16.5 Å². The van der Waals surface area contributed by atoms with E-state index in [1.807, 2.05) is 0 Å². The molecule has 25 heavy (non-hydrogen) atoms. The molecule has 0 radical (unpaired) electrons. The molecule has 136 valence electrons. The van der Waals surface area contributed by atoms with Crippen molar-refractivity contribution in [1.29, 1.82) is 0 Å². The summed E-state index contributed by atoms with van der Waals surface area (Å²) in [5, 5.41) is 2.71. The fourth-order valence-electron chi connectivity index (χ4n) is 2.07. The molecule has 9 heteroatoms. The van der Waals surface area contributed by atoms with Gasteiger partial charge in [0.1, 0.15) is 0 Å². The lowest BCUT2D eigenvalue weighted by atomic mass is 10.2. The van der Waals surface area contributed by atoms with Crippen LogP contribution in [0.1, 0.15) is 27.7 Å². The lowest BCUT2D eigenvalue weighted by Gasteiger charge is -2.29. The van der Waals surface area contributed by atoms with Crippen molar-refractivity contribution in [2.45, 2.75) is 44.4 Å². The van der Waals surface area contributed by atoms with Crippen LogP contribution in [0, 0.1) is 0 Å². The van der Waals surface area contributed by atoms with Crippen molar-refractivity contribution in [2.75, 3.05) is 5.32 Å². The molecule has 8 nitrogen and oxygen atoms in total. The number of esters is 2. The van der Waals surface area contributed by atoms with Gasteiger partial charge in [-0.3, -0.25) is 0 Å². The minimum Gasteiger partial charge on any atom is -0.419 e. The number of nitrogens with one attached hydrogen (secondary N) is 2. The molecule has 0 atom stereocenters. The van der Waals surface area contributed by atoms with Crippen LogP contribution in [0.25, 0.3) is 0 Å². The van der Waals surface area contributed by atoms with Gasteiger partial charge in [-0.2, -0.15) is 0 Å². The Morgan fingerprint density at radius 3 is 2.28 bits per heavy atom. The molecular weight excluding hydrogens is 348 g/mol. The standard InChI is InChI=1S/C16H20N2O6S/c1-10(2)18-25(21,22)12-7-5-6-11(8-12)17-9-13-14(19)23-16(3,4)24-15(13)20/h5-10,17-18H,1-4H3. The fourth-order valence-corrected chi connectivity index (χ4v) is 3.36. The summed E-state index contributed by atoms with van der Waals surface area (Å²) in [7, 11) is -3.66. The summed E-state index contributed by atoms with van der Waals surface area (Å²) < 4.78 is 36.8. The van der Waals surface area contributed by atoms with E-state index in [1.54, 1.807) is 19.9 Å². The third kappa shape index (κ3) is 4.80. The molecule has 1 fully saturated rings. The number of cyclic esters (lactones) is 2. The van der Waals surface area contributed by atoms with Crippen molar-refractivity contribution in [3.63, 3.8) is 0 Å². The number of ether oxygens (including phenoxy) is 2. The lowest BCUT2D eigenvalue weighted by Crippen LogP contribution is -2.42. The second kappa shape index (κ2) is 6.85. The quantitative estimate of drug-likeness (QED) is 0.460. The van der Waals surface area contributed by atoms with Gasteiger partial charge in [0.2, 0.25) is 10.0 Å². The maximum atomic E-state index is 12.2. The van der Waals surface area contributed by atoms with Crippen LogP contribution in [-0.2, 0) is 29.1 Å². The molecule has 1 aliphatic heterocycles. The predicted octanol–water partition coefficient (Wildman–Crippen LogP) is 1.51. The summed E-state index contributed by atoms with van der Waals surface area (Å²) in [6.45, 7) is 6.32. The highest BCUT2D eigenvalue weighted by Gasteiger charge is 2.38. The normalized spacial score (nSPS) is 17.1. The van der Waals surface area contributed by atoms with E-state index in [1.165, 1.54) is 32.0 Å². The number of rotatable bonds is 5. The first-order valence-electron chi connectivity index (χ1n) is 7.56. The highest BCUT2D eigenvalue weighted by molar-refractivity contribution is 7.89. The van der Waals surface area contributed by atoms with E-state index < -0.39 is 27.7 Å². The topological polar surface area (TPSA) is 111 Å². The van der Waals surface area contributed by atoms with Gasteiger partial charge in [-0.15, -0.1) is 0 Å². The van der Waals surface area contributed by atoms with Crippen molar-refractivity contribution in [1.82, 2.24) is 4.72 Å². The van der Waals surface area contributed by atoms with E-state index in [4.69, 9.17) is 9.47 Å². The van der Waals surface area contributed by atoms with Crippen LogP contribution >= 0.6 is 0 Å². The van der Waals surface area contributed by atoms with Crippen LogP contribution in [0.2, 0.25) is 0 Å². The Kier molecular flexibility index (Phi) is 5.19. The summed E-state index contributed by atoms with van der Waals surface area (Å²) in [5.41, 5.74) is 0.0671. The Hall–Kier alpha value is -2.39. The molecule has 0 spiro atoms. The zero-order valence-electron chi connectivity index (χ0n) is 14.3. The molecule has 0 unspecified atom stereocenters. The number of hydrogen-bond donors (Lipinski definition) is 2. The van der Waals surface area contributed by atoms with Gasteiger partial charge < -0.3 is 14.8 Å². The maximum Gasteiger partial charge on any atom is 0.350 e. The van der Waals surface area contributed by atoms with Crippen LogP contribution in [0.3, 0.4) is 0 Å². The summed E-state index contributed by atoms with van der Waals surface area (Å²) in [6, 6.07) is 5.70. The largest absolute Gasteiger partial charge is 0.419 e. The highest BCUT2D eigenvalue weighted by atomic mass is 32.2. The first-order valence-corrected chi connectivity index (χ1v) is 9.04. The zero-order chi connectivity index (χ0) is 18.8. The average Bonchev–Trinajstić information content (AvgIpc) is 2.44. The first-order chi connectivity index (χ1) is 11.5. The summed E-state index contributed by atoms with van der Waals surface area (Å²) in [4.78, 5) is 23.8. The fraction of sp³-hybridized carbons (Fsp3) is 0.375. The Morgan fingerprint density at radius 2 is 1.72 bits per heavy atom. The molecule has 1 heterocycles. The molecule has 1 aromatic rings. The Balaban J connectivity index is 2.21. The highest BCUT2D eigenvalue weighted by Crippen LogP contribution is 2.23. The van der Waals surface area contributed by atoms with Gasteiger partial charge in [-0.05, 0) is 32.0 Å². The Labute approximate surface area is 146 Å². The molecule has 2 rings (SSSR count).